The average molecular weight is 398 g/mol. The molecule has 5 rings (SSSR count). The Kier molecular flexibility index (Phi) is 5.01. The van der Waals surface area contributed by atoms with Gasteiger partial charge in [-0.2, -0.15) is 0 Å². The highest BCUT2D eigenvalue weighted by Gasteiger charge is 2.43. The topological polar surface area (TPSA) is 35.6 Å². The normalized spacial score (nSPS) is 20.5. The number of anilines is 1. The van der Waals surface area contributed by atoms with Crippen LogP contribution in [0.2, 0.25) is 0 Å². The molecule has 2 atom stereocenters. The van der Waals surface area contributed by atoms with Gasteiger partial charge in [-0.15, -0.1) is 0 Å². The minimum atomic E-state index is -0.00772. The summed E-state index contributed by atoms with van der Waals surface area (Å²) in [6, 6.07) is 27.1. The molecule has 1 N–H and O–H groups in total. The van der Waals surface area contributed by atoms with E-state index in [1.54, 1.807) is 0 Å². The van der Waals surface area contributed by atoms with E-state index in [0.717, 1.165) is 25.3 Å². The molecule has 0 spiro atoms. The van der Waals surface area contributed by atoms with Gasteiger partial charge in [-0.05, 0) is 41.3 Å². The minimum Gasteiger partial charge on any atom is -0.315 e. The molecule has 0 aromatic heterocycles. The summed E-state index contributed by atoms with van der Waals surface area (Å²) in [7, 11) is 0. The number of nitrogens with one attached hydrogen (secondary N) is 1. The molecule has 2 heterocycles. The summed E-state index contributed by atoms with van der Waals surface area (Å²) in [5.41, 5.74) is 6.16. The number of hydrogen-bond donors (Lipinski definition) is 1. The van der Waals surface area contributed by atoms with Crippen LogP contribution in [0.5, 0.6) is 0 Å². The van der Waals surface area contributed by atoms with Gasteiger partial charge in [0.15, 0.2) is 0 Å². The van der Waals surface area contributed by atoms with Crippen molar-refractivity contribution in [2.75, 3.05) is 18.4 Å². The van der Waals surface area contributed by atoms with Gasteiger partial charge in [0.2, 0.25) is 0 Å². The number of aryl methyl sites for hydroxylation is 1. The zero-order chi connectivity index (χ0) is 20.5. The summed E-state index contributed by atoms with van der Waals surface area (Å²) in [4.78, 5) is 17.8. The van der Waals surface area contributed by atoms with Crippen LogP contribution in [0.15, 0.2) is 78.9 Å². The third-order valence-electron chi connectivity index (χ3n) is 6.47. The molecule has 30 heavy (non-hydrogen) atoms. The third kappa shape index (κ3) is 3.59. The smallest absolute Gasteiger partial charge is 0.315 e. The van der Waals surface area contributed by atoms with E-state index in [0.29, 0.717) is 12.5 Å². The van der Waals surface area contributed by atoms with Crippen molar-refractivity contribution in [1.82, 2.24) is 9.80 Å². The second-order valence-electron chi connectivity index (χ2n) is 8.42. The van der Waals surface area contributed by atoms with Gasteiger partial charge in [0.05, 0.1) is 6.04 Å². The van der Waals surface area contributed by atoms with Crippen LogP contribution in [-0.2, 0) is 13.1 Å². The lowest BCUT2D eigenvalue weighted by Crippen LogP contribution is -2.48. The Balaban J connectivity index is 1.43. The van der Waals surface area contributed by atoms with E-state index in [2.05, 4.69) is 70.6 Å². The molecule has 2 amide bonds. The largest absolute Gasteiger partial charge is 0.322 e. The van der Waals surface area contributed by atoms with Gasteiger partial charge in [-0.1, -0.05) is 66.7 Å². The number of carbonyl (C=O) groups excluding carboxylic acids is 1. The summed E-state index contributed by atoms with van der Waals surface area (Å²) in [6.07, 6.45) is 0. The standard InChI is InChI=1S/C26H27N3O/c1-19-9-8-14-22-23(19)17-29(26(30)27-21-12-6-3-7-13-21)25-18-28(16-24(22)25)15-20-10-4-2-5-11-20/h2-14,24-25H,15-18H2,1H3,(H,27,30)/t24-,25+/m1/s1. The van der Waals surface area contributed by atoms with E-state index in [9.17, 15) is 4.79 Å². The molecule has 3 aromatic rings. The van der Waals surface area contributed by atoms with Crippen LogP contribution < -0.4 is 5.32 Å². The number of rotatable bonds is 3. The average Bonchev–Trinajstić information content (AvgIpc) is 3.18. The van der Waals surface area contributed by atoms with Crippen LogP contribution in [0.4, 0.5) is 10.5 Å². The first kappa shape index (κ1) is 18.9. The molecule has 0 radical (unpaired) electrons. The van der Waals surface area contributed by atoms with Crippen LogP contribution in [-0.4, -0.2) is 35.0 Å². The van der Waals surface area contributed by atoms with Crippen molar-refractivity contribution in [3.05, 3.63) is 101 Å². The molecule has 3 aromatic carbocycles. The zero-order valence-electron chi connectivity index (χ0n) is 17.3. The number of para-hydroxylation sites is 1. The lowest BCUT2D eigenvalue weighted by Gasteiger charge is -2.39. The van der Waals surface area contributed by atoms with Gasteiger partial charge < -0.3 is 10.2 Å². The maximum Gasteiger partial charge on any atom is 0.322 e. The van der Waals surface area contributed by atoms with Crippen molar-refractivity contribution < 1.29 is 4.79 Å². The number of hydrogen-bond acceptors (Lipinski definition) is 2. The fraction of sp³-hybridized carbons (Fsp3) is 0.269. The molecule has 4 nitrogen and oxygen atoms in total. The highest BCUT2D eigenvalue weighted by molar-refractivity contribution is 5.90. The Morgan fingerprint density at radius 2 is 1.67 bits per heavy atom. The Morgan fingerprint density at radius 3 is 2.43 bits per heavy atom. The molecule has 1 saturated heterocycles. The predicted octanol–water partition coefficient (Wildman–Crippen LogP) is 5.01. The third-order valence-corrected chi connectivity index (χ3v) is 6.47. The molecule has 4 heteroatoms. The van der Waals surface area contributed by atoms with Gasteiger partial charge >= 0.3 is 6.03 Å². The first-order valence-corrected chi connectivity index (χ1v) is 10.7. The number of nitrogens with zero attached hydrogens (tertiary/aromatic N) is 2. The summed E-state index contributed by atoms with van der Waals surface area (Å²) in [5.74, 6) is 0.346. The van der Waals surface area contributed by atoms with Crippen molar-refractivity contribution in [2.24, 2.45) is 0 Å². The van der Waals surface area contributed by atoms with Crippen molar-refractivity contribution in [3.63, 3.8) is 0 Å². The SMILES string of the molecule is Cc1cccc2c1CN(C(=O)Nc1ccccc1)[C@H]1CN(Cc3ccccc3)C[C@H]21. The monoisotopic (exact) mass is 397 g/mol. The van der Waals surface area contributed by atoms with Crippen LogP contribution in [0.3, 0.4) is 0 Å². The molecule has 2 aliphatic rings. The van der Waals surface area contributed by atoms with Gasteiger partial charge in [-0.25, -0.2) is 4.79 Å². The molecule has 0 aliphatic carbocycles. The van der Waals surface area contributed by atoms with Crippen molar-refractivity contribution >= 4 is 11.7 Å². The Bertz CT molecular complexity index is 1030. The van der Waals surface area contributed by atoms with Gasteiger partial charge in [0.25, 0.3) is 0 Å². The summed E-state index contributed by atoms with van der Waals surface area (Å²) in [5, 5.41) is 3.11. The molecule has 0 unspecified atom stereocenters. The number of benzene rings is 3. The molecule has 0 bridgehead atoms. The summed E-state index contributed by atoms with van der Waals surface area (Å²) in [6.45, 7) is 5.62. The predicted molar refractivity (Wildman–Crippen MR) is 120 cm³/mol. The maximum absolute atomic E-state index is 13.3. The lowest BCUT2D eigenvalue weighted by atomic mass is 9.84. The van der Waals surface area contributed by atoms with E-state index >= 15 is 0 Å². The summed E-state index contributed by atoms with van der Waals surface area (Å²) >= 11 is 0. The first-order chi connectivity index (χ1) is 14.7. The van der Waals surface area contributed by atoms with Crippen LogP contribution >= 0.6 is 0 Å². The summed E-state index contributed by atoms with van der Waals surface area (Å²) < 4.78 is 0. The Hall–Kier alpha value is -3.11. The molecule has 1 fully saturated rings. The highest BCUT2D eigenvalue weighted by Crippen LogP contribution is 2.40. The fourth-order valence-electron chi connectivity index (χ4n) is 4.97. The number of fused-ring (bicyclic) bond motifs is 3. The number of urea groups is 1. The van der Waals surface area contributed by atoms with E-state index in [1.807, 2.05) is 30.3 Å². The van der Waals surface area contributed by atoms with Crippen LogP contribution in [0.1, 0.15) is 28.2 Å². The van der Waals surface area contributed by atoms with Crippen molar-refractivity contribution in [2.45, 2.75) is 32.0 Å². The van der Waals surface area contributed by atoms with Gasteiger partial charge in [0.1, 0.15) is 0 Å². The Labute approximate surface area is 178 Å². The van der Waals surface area contributed by atoms with Gasteiger partial charge in [-0.3, -0.25) is 4.90 Å². The highest BCUT2D eigenvalue weighted by atomic mass is 16.2. The molecular formula is C26H27N3O. The lowest BCUT2D eigenvalue weighted by molar-refractivity contribution is 0.171. The second-order valence-corrected chi connectivity index (χ2v) is 8.42. The molecule has 152 valence electrons. The van der Waals surface area contributed by atoms with Gasteiger partial charge in [0, 0.05) is 37.8 Å². The number of carbonyl (C=O) groups is 1. The quantitative estimate of drug-likeness (QED) is 0.674. The molecule has 2 aliphatic heterocycles. The van der Waals surface area contributed by atoms with Crippen molar-refractivity contribution in [1.29, 1.82) is 0 Å². The number of likely N-dealkylation sites (tertiary alicyclic amines) is 1. The van der Waals surface area contributed by atoms with E-state index < -0.39 is 0 Å². The van der Waals surface area contributed by atoms with Crippen LogP contribution in [0.25, 0.3) is 0 Å². The van der Waals surface area contributed by atoms with E-state index in [1.165, 1.54) is 22.3 Å². The second kappa shape index (κ2) is 7.96. The molecule has 0 saturated carbocycles. The molecular weight excluding hydrogens is 370 g/mol. The Morgan fingerprint density at radius 1 is 0.933 bits per heavy atom. The van der Waals surface area contributed by atoms with E-state index in [-0.39, 0.29) is 12.1 Å². The zero-order valence-corrected chi connectivity index (χ0v) is 17.3. The van der Waals surface area contributed by atoms with Crippen molar-refractivity contribution in [3.8, 4) is 0 Å². The van der Waals surface area contributed by atoms with E-state index in [4.69, 9.17) is 0 Å². The fourth-order valence-corrected chi connectivity index (χ4v) is 4.97. The maximum atomic E-state index is 13.3. The van der Waals surface area contributed by atoms with Crippen LogP contribution in [0, 0.1) is 6.92 Å². The first-order valence-electron chi connectivity index (χ1n) is 10.7. The number of amides is 2. The minimum absolute atomic E-state index is 0.00772.